The van der Waals surface area contributed by atoms with Crippen LogP contribution in [0.3, 0.4) is 0 Å². The Morgan fingerprint density at radius 1 is 0.955 bits per heavy atom. The Balaban J connectivity index is 1.99. The highest BCUT2D eigenvalue weighted by Gasteiger charge is 2.14. The summed E-state index contributed by atoms with van der Waals surface area (Å²) in [7, 11) is 0. The maximum Gasteiger partial charge on any atom is 0.251 e. The summed E-state index contributed by atoms with van der Waals surface area (Å²) in [6.07, 6.45) is 5.49. The standard InChI is InChI=1S/C20H25NO/c1-2-3-6-15-19(16-17-11-7-4-8-12-17)21-20(22)18-13-9-5-10-14-18/h4-5,7-14,19H,2-3,6,15-16H2,1H3,(H,21,22). The van der Waals surface area contributed by atoms with E-state index in [4.69, 9.17) is 0 Å². The van der Waals surface area contributed by atoms with E-state index in [1.165, 1.54) is 18.4 Å². The number of amides is 1. The molecule has 0 aliphatic heterocycles. The van der Waals surface area contributed by atoms with Gasteiger partial charge in [0.1, 0.15) is 0 Å². The molecular formula is C20H25NO. The van der Waals surface area contributed by atoms with Crippen molar-refractivity contribution in [1.29, 1.82) is 0 Å². The van der Waals surface area contributed by atoms with Gasteiger partial charge < -0.3 is 5.32 Å². The molecule has 0 aliphatic carbocycles. The Morgan fingerprint density at radius 3 is 2.23 bits per heavy atom. The fourth-order valence-corrected chi connectivity index (χ4v) is 2.62. The smallest absolute Gasteiger partial charge is 0.251 e. The summed E-state index contributed by atoms with van der Waals surface area (Å²) in [5.41, 5.74) is 2.01. The van der Waals surface area contributed by atoms with E-state index in [0.29, 0.717) is 0 Å². The first kappa shape index (κ1) is 16.3. The number of carbonyl (C=O) groups is 1. The molecule has 0 radical (unpaired) electrons. The molecule has 22 heavy (non-hydrogen) atoms. The van der Waals surface area contributed by atoms with Crippen molar-refractivity contribution in [2.24, 2.45) is 0 Å². The molecule has 2 nitrogen and oxygen atoms in total. The predicted octanol–water partition coefficient (Wildman–Crippen LogP) is 4.61. The lowest BCUT2D eigenvalue weighted by Crippen LogP contribution is -2.36. The van der Waals surface area contributed by atoms with Crippen molar-refractivity contribution in [2.45, 2.75) is 45.1 Å². The van der Waals surface area contributed by atoms with Crippen LogP contribution in [0.4, 0.5) is 0 Å². The summed E-state index contributed by atoms with van der Waals surface area (Å²) in [4.78, 5) is 12.4. The van der Waals surface area contributed by atoms with Gasteiger partial charge in [0.05, 0.1) is 0 Å². The second-order valence-electron chi connectivity index (χ2n) is 5.72. The molecule has 1 atom stereocenters. The quantitative estimate of drug-likeness (QED) is 0.708. The Hall–Kier alpha value is -2.09. The summed E-state index contributed by atoms with van der Waals surface area (Å²) >= 11 is 0. The van der Waals surface area contributed by atoms with Gasteiger partial charge in [-0.15, -0.1) is 0 Å². The minimum Gasteiger partial charge on any atom is -0.349 e. The minimum atomic E-state index is 0.0260. The normalized spacial score (nSPS) is 11.9. The van der Waals surface area contributed by atoms with Crippen molar-refractivity contribution >= 4 is 5.91 Å². The third-order valence-corrected chi connectivity index (χ3v) is 3.85. The lowest BCUT2D eigenvalue weighted by molar-refractivity contribution is 0.0934. The molecule has 0 saturated carbocycles. The lowest BCUT2D eigenvalue weighted by atomic mass is 10.00. The van der Waals surface area contributed by atoms with Gasteiger partial charge in [0.15, 0.2) is 0 Å². The first-order chi connectivity index (χ1) is 10.8. The molecule has 0 heterocycles. The second kappa shape index (κ2) is 9.04. The van der Waals surface area contributed by atoms with Crippen LogP contribution in [0.1, 0.15) is 48.5 Å². The molecule has 2 aromatic rings. The molecular weight excluding hydrogens is 270 g/mol. The Labute approximate surface area is 133 Å². The second-order valence-corrected chi connectivity index (χ2v) is 5.72. The van der Waals surface area contributed by atoms with Crippen LogP contribution in [0.15, 0.2) is 60.7 Å². The van der Waals surface area contributed by atoms with Gasteiger partial charge in [-0.05, 0) is 30.5 Å². The zero-order valence-corrected chi connectivity index (χ0v) is 13.3. The zero-order valence-electron chi connectivity index (χ0n) is 13.3. The molecule has 0 aromatic heterocycles. The fourth-order valence-electron chi connectivity index (χ4n) is 2.62. The molecule has 0 fully saturated rings. The van der Waals surface area contributed by atoms with E-state index < -0.39 is 0 Å². The third kappa shape index (κ3) is 5.36. The van der Waals surface area contributed by atoms with E-state index in [0.717, 1.165) is 24.8 Å². The lowest BCUT2D eigenvalue weighted by Gasteiger charge is -2.19. The topological polar surface area (TPSA) is 29.1 Å². The van der Waals surface area contributed by atoms with Gasteiger partial charge in [-0.3, -0.25) is 4.79 Å². The molecule has 0 saturated heterocycles. The SMILES string of the molecule is CCCCCC(Cc1ccccc1)NC(=O)c1ccccc1. The summed E-state index contributed by atoms with van der Waals surface area (Å²) in [5, 5.41) is 3.20. The van der Waals surface area contributed by atoms with Crippen LogP contribution in [0.2, 0.25) is 0 Å². The van der Waals surface area contributed by atoms with Crippen molar-refractivity contribution in [3.8, 4) is 0 Å². The van der Waals surface area contributed by atoms with Crippen molar-refractivity contribution in [1.82, 2.24) is 5.32 Å². The van der Waals surface area contributed by atoms with Gasteiger partial charge in [-0.2, -0.15) is 0 Å². The number of nitrogens with one attached hydrogen (secondary N) is 1. The number of hydrogen-bond donors (Lipinski definition) is 1. The highest BCUT2D eigenvalue weighted by molar-refractivity contribution is 5.94. The van der Waals surface area contributed by atoms with Crippen LogP contribution in [-0.2, 0) is 6.42 Å². The molecule has 1 amide bonds. The number of benzene rings is 2. The number of carbonyl (C=O) groups excluding carboxylic acids is 1. The molecule has 116 valence electrons. The van der Waals surface area contributed by atoms with Gasteiger partial charge >= 0.3 is 0 Å². The van der Waals surface area contributed by atoms with Crippen molar-refractivity contribution < 1.29 is 4.79 Å². The van der Waals surface area contributed by atoms with E-state index in [2.05, 4.69) is 36.5 Å². The van der Waals surface area contributed by atoms with Crippen LogP contribution >= 0.6 is 0 Å². The van der Waals surface area contributed by atoms with Crippen LogP contribution in [0.25, 0.3) is 0 Å². The van der Waals surface area contributed by atoms with E-state index >= 15 is 0 Å². The third-order valence-electron chi connectivity index (χ3n) is 3.85. The van der Waals surface area contributed by atoms with Gasteiger partial charge in [-0.25, -0.2) is 0 Å². The van der Waals surface area contributed by atoms with Crippen LogP contribution in [-0.4, -0.2) is 11.9 Å². The highest BCUT2D eigenvalue weighted by Crippen LogP contribution is 2.11. The maximum atomic E-state index is 12.4. The van der Waals surface area contributed by atoms with Crippen molar-refractivity contribution in [3.05, 3.63) is 71.8 Å². The summed E-state index contributed by atoms with van der Waals surface area (Å²) in [5.74, 6) is 0.0260. The van der Waals surface area contributed by atoms with E-state index in [9.17, 15) is 4.79 Å². The minimum absolute atomic E-state index is 0.0260. The first-order valence-electron chi connectivity index (χ1n) is 8.19. The average molecular weight is 295 g/mol. The first-order valence-corrected chi connectivity index (χ1v) is 8.19. The number of rotatable bonds is 8. The van der Waals surface area contributed by atoms with Gasteiger partial charge in [0.25, 0.3) is 5.91 Å². The van der Waals surface area contributed by atoms with Crippen molar-refractivity contribution in [2.75, 3.05) is 0 Å². The molecule has 1 unspecified atom stereocenters. The van der Waals surface area contributed by atoms with E-state index in [1.807, 2.05) is 36.4 Å². The predicted molar refractivity (Wildman–Crippen MR) is 92.0 cm³/mol. The van der Waals surface area contributed by atoms with Crippen LogP contribution < -0.4 is 5.32 Å². The van der Waals surface area contributed by atoms with Crippen molar-refractivity contribution in [3.63, 3.8) is 0 Å². The summed E-state index contributed by atoms with van der Waals surface area (Å²) in [6.45, 7) is 2.20. The molecule has 2 aromatic carbocycles. The number of hydrogen-bond acceptors (Lipinski definition) is 1. The zero-order chi connectivity index (χ0) is 15.6. The Kier molecular flexibility index (Phi) is 6.69. The highest BCUT2D eigenvalue weighted by atomic mass is 16.1. The Morgan fingerprint density at radius 2 is 1.59 bits per heavy atom. The molecule has 0 spiro atoms. The number of unbranched alkanes of at least 4 members (excludes halogenated alkanes) is 2. The van der Waals surface area contributed by atoms with Gasteiger partial charge in [0.2, 0.25) is 0 Å². The van der Waals surface area contributed by atoms with E-state index in [1.54, 1.807) is 0 Å². The Bertz CT molecular complexity index is 550. The van der Waals surface area contributed by atoms with Gasteiger partial charge in [-0.1, -0.05) is 74.7 Å². The van der Waals surface area contributed by atoms with Gasteiger partial charge in [0, 0.05) is 11.6 Å². The van der Waals surface area contributed by atoms with Crippen LogP contribution in [0, 0.1) is 0 Å². The fraction of sp³-hybridized carbons (Fsp3) is 0.350. The van der Waals surface area contributed by atoms with E-state index in [-0.39, 0.29) is 11.9 Å². The molecule has 0 aliphatic rings. The average Bonchev–Trinajstić information content (AvgIpc) is 2.56. The summed E-state index contributed by atoms with van der Waals surface area (Å²) in [6, 6.07) is 20.0. The summed E-state index contributed by atoms with van der Waals surface area (Å²) < 4.78 is 0. The molecule has 1 N–H and O–H groups in total. The van der Waals surface area contributed by atoms with Crippen LogP contribution in [0.5, 0.6) is 0 Å². The molecule has 0 bridgehead atoms. The largest absolute Gasteiger partial charge is 0.349 e. The maximum absolute atomic E-state index is 12.4. The monoisotopic (exact) mass is 295 g/mol. The molecule has 2 heteroatoms. The molecule has 2 rings (SSSR count).